The zero-order valence-electron chi connectivity index (χ0n) is 14.0. The first kappa shape index (κ1) is 16.8. The molecule has 0 saturated carbocycles. The SMILES string of the molecule is O=C(/C=C/c1cccc2cccnc12)NC1CCSc2ccc(F)cc21. The van der Waals surface area contributed by atoms with Gasteiger partial charge in [-0.05, 0) is 42.3 Å². The molecule has 0 saturated heterocycles. The number of amides is 1. The summed E-state index contributed by atoms with van der Waals surface area (Å²) in [6, 6.07) is 14.3. The van der Waals surface area contributed by atoms with Crippen molar-refractivity contribution in [3.05, 3.63) is 77.7 Å². The number of benzene rings is 2. The van der Waals surface area contributed by atoms with Crippen LogP contribution in [0.5, 0.6) is 0 Å². The number of fused-ring (bicyclic) bond motifs is 2. The smallest absolute Gasteiger partial charge is 0.244 e. The van der Waals surface area contributed by atoms with Crippen LogP contribution >= 0.6 is 11.8 Å². The lowest BCUT2D eigenvalue weighted by atomic mass is 10.0. The van der Waals surface area contributed by atoms with Crippen LogP contribution in [0, 0.1) is 5.82 Å². The Morgan fingerprint density at radius 1 is 1.23 bits per heavy atom. The molecule has 3 aromatic rings. The molecule has 3 nitrogen and oxygen atoms in total. The van der Waals surface area contributed by atoms with Crippen LogP contribution in [0.3, 0.4) is 0 Å². The third-order valence-corrected chi connectivity index (χ3v) is 5.53. The molecule has 0 aliphatic carbocycles. The molecule has 2 heterocycles. The second kappa shape index (κ2) is 7.30. The first-order valence-electron chi connectivity index (χ1n) is 8.45. The number of nitrogens with one attached hydrogen (secondary N) is 1. The molecule has 26 heavy (non-hydrogen) atoms. The van der Waals surface area contributed by atoms with Gasteiger partial charge in [-0.2, -0.15) is 0 Å². The number of para-hydroxylation sites is 1. The maximum absolute atomic E-state index is 13.6. The lowest BCUT2D eigenvalue weighted by molar-refractivity contribution is -0.117. The van der Waals surface area contributed by atoms with Crippen molar-refractivity contribution in [1.82, 2.24) is 10.3 Å². The van der Waals surface area contributed by atoms with Gasteiger partial charge >= 0.3 is 0 Å². The highest BCUT2D eigenvalue weighted by atomic mass is 32.2. The van der Waals surface area contributed by atoms with Crippen LogP contribution in [0.2, 0.25) is 0 Å². The van der Waals surface area contributed by atoms with E-state index in [1.165, 1.54) is 18.2 Å². The molecular weight excluding hydrogens is 347 g/mol. The maximum atomic E-state index is 13.6. The predicted octanol–water partition coefficient (Wildman–Crippen LogP) is 4.74. The Hall–Kier alpha value is -2.66. The van der Waals surface area contributed by atoms with Crippen molar-refractivity contribution in [3.63, 3.8) is 0 Å². The van der Waals surface area contributed by atoms with Crippen molar-refractivity contribution >= 4 is 34.6 Å². The van der Waals surface area contributed by atoms with Crippen LogP contribution in [0.4, 0.5) is 4.39 Å². The van der Waals surface area contributed by atoms with Gasteiger partial charge in [0.15, 0.2) is 0 Å². The summed E-state index contributed by atoms with van der Waals surface area (Å²) in [5, 5.41) is 4.03. The van der Waals surface area contributed by atoms with Gasteiger partial charge in [0.2, 0.25) is 5.91 Å². The average Bonchev–Trinajstić information content (AvgIpc) is 2.67. The van der Waals surface area contributed by atoms with Crippen molar-refractivity contribution in [3.8, 4) is 0 Å². The number of carbonyl (C=O) groups excluding carboxylic acids is 1. The normalized spacial score (nSPS) is 16.6. The highest BCUT2D eigenvalue weighted by Gasteiger charge is 2.22. The van der Waals surface area contributed by atoms with Crippen LogP contribution in [-0.2, 0) is 4.79 Å². The van der Waals surface area contributed by atoms with Crippen molar-refractivity contribution < 1.29 is 9.18 Å². The number of rotatable bonds is 3. The summed E-state index contributed by atoms with van der Waals surface area (Å²) in [5.74, 6) is 0.438. The van der Waals surface area contributed by atoms with Gasteiger partial charge in [0.05, 0.1) is 11.6 Å². The summed E-state index contributed by atoms with van der Waals surface area (Å²) in [4.78, 5) is 17.8. The van der Waals surface area contributed by atoms with Crippen molar-refractivity contribution in [2.24, 2.45) is 0 Å². The summed E-state index contributed by atoms with van der Waals surface area (Å²) in [6.45, 7) is 0. The zero-order chi connectivity index (χ0) is 17.9. The summed E-state index contributed by atoms with van der Waals surface area (Å²) in [7, 11) is 0. The Morgan fingerprint density at radius 2 is 2.12 bits per heavy atom. The maximum Gasteiger partial charge on any atom is 0.244 e. The quantitative estimate of drug-likeness (QED) is 0.683. The van der Waals surface area contributed by atoms with Crippen LogP contribution in [0.15, 0.2) is 65.7 Å². The van der Waals surface area contributed by atoms with Crippen LogP contribution in [0.1, 0.15) is 23.6 Å². The van der Waals surface area contributed by atoms with Gasteiger partial charge in [0, 0.05) is 33.9 Å². The van der Waals surface area contributed by atoms with Gasteiger partial charge in [-0.15, -0.1) is 11.8 Å². The van der Waals surface area contributed by atoms with Crippen molar-refractivity contribution in [1.29, 1.82) is 0 Å². The first-order valence-corrected chi connectivity index (χ1v) is 9.44. The molecular formula is C21H17FN2OS. The number of carbonyl (C=O) groups is 1. The number of halogens is 1. The van der Waals surface area contributed by atoms with Gasteiger partial charge in [0.25, 0.3) is 0 Å². The van der Waals surface area contributed by atoms with E-state index in [2.05, 4.69) is 10.3 Å². The third-order valence-electron chi connectivity index (χ3n) is 4.41. The Kier molecular flexibility index (Phi) is 4.71. The van der Waals surface area contributed by atoms with E-state index in [9.17, 15) is 9.18 Å². The van der Waals surface area contributed by atoms with Gasteiger partial charge in [0.1, 0.15) is 5.82 Å². The minimum atomic E-state index is -0.275. The Bertz CT molecular complexity index is 997. The second-order valence-electron chi connectivity index (χ2n) is 6.14. The van der Waals surface area contributed by atoms with Crippen molar-refractivity contribution in [2.75, 3.05) is 5.75 Å². The number of aromatic nitrogens is 1. The fourth-order valence-corrected chi connectivity index (χ4v) is 4.27. The lowest BCUT2D eigenvalue weighted by Gasteiger charge is -2.25. The number of nitrogens with zero attached hydrogens (tertiary/aromatic N) is 1. The molecule has 5 heteroatoms. The Morgan fingerprint density at radius 3 is 3.04 bits per heavy atom. The molecule has 2 aromatic carbocycles. The van der Waals surface area contributed by atoms with Gasteiger partial charge in [-0.3, -0.25) is 9.78 Å². The van der Waals surface area contributed by atoms with E-state index in [0.717, 1.165) is 39.1 Å². The summed E-state index contributed by atoms with van der Waals surface area (Å²) < 4.78 is 13.6. The first-order chi connectivity index (χ1) is 12.7. The average molecular weight is 364 g/mol. The Balaban J connectivity index is 1.53. The fourth-order valence-electron chi connectivity index (χ4n) is 3.16. The molecule has 1 aliphatic heterocycles. The second-order valence-corrected chi connectivity index (χ2v) is 7.27. The highest BCUT2D eigenvalue weighted by molar-refractivity contribution is 7.99. The summed E-state index contributed by atoms with van der Waals surface area (Å²) >= 11 is 1.70. The number of hydrogen-bond acceptors (Lipinski definition) is 3. The molecule has 130 valence electrons. The van der Waals surface area contributed by atoms with E-state index in [0.29, 0.717) is 0 Å². The topological polar surface area (TPSA) is 42.0 Å². The molecule has 0 radical (unpaired) electrons. The molecule has 1 aromatic heterocycles. The van der Waals surface area contributed by atoms with Crippen LogP contribution in [0.25, 0.3) is 17.0 Å². The fraction of sp³-hybridized carbons (Fsp3) is 0.143. The van der Waals surface area contributed by atoms with Gasteiger partial charge < -0.3 is 5.32 Å². The van der Waals surface area contributed by atoms with E-state index >= 15 is 0 Å². The summed E-state index contributed by atoms with van der Waals surface area (Å²) in [6.07, 6.45) is 5.82. The van der Waals surface area contributed by atoms with Gasteiger partial charge in [-0.1, -0.05) is 24.3 Å². The minimum Gasteiger partial charge on any atom is -0.346 e. The molecule has 0 fully saturated rings. The van der Waals surface area contributed by atoms with Crippen LogP contribution < -0.4 is 5.32 Å². The number of hydrogen-bond donors (Lipinski definition) is 1. The van der Waals surface area contributed by atoms with Crippen molar-refractivity contribution in [2.45, 2.75) is 17.4 Å². The van der Waals surface area contributed by atoms with E-state index in [-0.39, 0.29) is 17.8 Å². The molecule has 1 atom stereocenters. The molecule has 1 N–H and O–H groups in total. The molecule has 1 aliphatic rings. The molecule has 4 rings (SSSR count). The van der Waals surface area contributed by atoms with E-state index in [1.807, 2.05) is 30.3 Å². The molecule has 1 amide bonds. The standard InChI is InChI=1S/C21H17FN2OS/c22-16-7-8-19-17(13-16)18(10-12-26-19)24-20(25)9-6-15-4-1-3-14-5-2-11-23-21(14)15/h1-9,11,13,18H,10,12H2,(H,24,25)/b9-6+. The third kappa shape index (κ3) is 3.48. The summed E-state index contributed by atoms with van der Waals surface area (Å²) in [5.41, 5.74) is 2.61. The van der Waals surface area contributed by atoms with Crippen LogP contribution in [-0.4, -0.2) is 16.6 Å². The van der Waals surface area contributed by atoms with Gasteiger partial charge in [-0.25, -0.2) is 4.39 Å². The largest absolute Gasteiger partial charge is 0.346 e. The number of thioether (sulfide) groups is 1. The van der Waals surface area contributed by atoms with E-state index in [4.69, 9.17) is 0 Å². The molecule has 0 spiro atoms. The monoisotopic (exact) mass is 364 g/mol. The predicted molar refractivity (Wildman–Crippen MR) is 103 cm³/mol. The molecule has 1 unspecified atom stereocenters. The highest BCUT2D eigenvalue weighted by Crippen LogP contribution is 2.36. The minimum absolute atomic E-state index is 0.162. The Labute approximate surface area is 155 Å². The number of pyridine rings is 1. The lowest BCUT2D eigenvalue weighted by Crippen LogP contribution is -2.29. The van der Waals surface area contributed by atoms with E-state index in [1.54, 1.807) is 30.1 Å². The van der Waals surface area contributed by atoms with E-state index < -0.39 is 0 Å². The molecule has 0 bridgehead atoms. The zero-order valence-corrected chi connectivity index (χ0v) is 14.8.